The summed E-state index contributed by atoms with van der Waals surface area (Å²) in [5.41, 5.74) is 0.596. The number of fused-ring (bicyclic) bond motifs is 1. The molecule has 1 aromatic heterocycles. The SMILES string of the molecule is Cc1c(C(=O)O)c2ccccc2c(=O)n1N1CCCCC1. The molecule has 1 N–H and O–H groups in total. The summed E-state index contributed by atoms with van der Waals surface area (Å²) >= 11 is 0. The number of hydrogen-bond donors (Lipinski definition) is 1. The summed E-state index contributed by atoms with van der Waals surface area (Å²) in [6.45, 7) is 3.29. The van der Waals surface area contributed by atoms with Gasteiger partial charge in [0, 0.05) is 23.9 Å². The second kappa shape index (κ2) is 5.24. The van der Waals surface area contributed by atoms with Crippen molar-refractivity contribution in [3.8, 4) is 0 Å². The minimum Gasteiger partial charge on any atom is -0.478 e. The fraction of sp³-hybridized carbons (Fsp3) is 0.375. The van der Waals surface area contributed by atoms with Gasteiger partial charge in [0.2, 0.25) is 0 Å². The van der Waals surface area contributed by atoms with Crippen molar-refractivity contribution in [1.82, 2.24) is 4.68 Å². The lowest BCUT2D eigenvalue weighted by atomic mass is 10.0. The number of rotatable bonds is 2. The van der Waals surface area contributed by atoms with Gasteiger partial charge in [0.15, 0.2) is 0 Å². The van der Waals surface area contributed by atoms with E-state index in [9.17, 15) is 14.7 Å². The molecule has 0 bridgehead atoms. The largest absolute Gasteiger partial charge is 0.478 e. The Balaban J connectivity index is 2.34. The van der Waals surface area contributed by atoms with Crippen molar-refractivity contribution in [1.29, 1.82) is 0 Å². The number of benzene rings is 1. The van der Waals surface area contributed by atoms with Crippen molar-refractivity contribution in [2.45, 2.75) is 26.2 Å². The maximum absolute atomic E-state index is 12.8. The molecule has 3 rings (SSSR count). The lowest BCUT2D eigenvalue weighted by Crippen LogP contribution is -2.47. The Labute approximate surface area is 122 Å². The van der Waals surface area contributed by atoms with Gasteiger partial charge < -0.3 is 10.1 Å². The predicted octanol–water partition coefficient (Wildman–Crippen LogP) is 2.13. The van der Waals surface area contributed by atoms with E-state index in [1.54, 1.807) is 35.9 Å². The van der Waals surface area contributed by atoms with Gasteiger partial charge in [-0.05, 0) is 32.3 Å². The van der Waals surface area contributed by atoms with E-state index in [1.165, 1.54) is 0 Å². The highest BCUT2D eigenvalue weighted by molar-refractivity contribution is 6.04. The van der Waals surface area contributed by atoms with Crippen molar-refractivity contribution in [3.63, 3.8) is 0 Å². The van der Waals surface area contributed by atoms with E-state index in [-0.39, 0.29) is 11.1 Å². The third-order valence-electron chi connectivity index (χ3n) is 4.13. The number of nitrogens with zero attached hydrogens (tertiary/aromatic N) is 2. The zero-order chi connectivity index (χ0) is 15.0. The van der Waals surface area contributed by atoms with Gasteiger partial charge in [-0.1, -0.05) is 18.2 Å². The topological polar surface area (TPSA) is 62.5 Å². The van der Waals surface area contributed by atoms with Gasteiger partial charge in [0.25, 0.3) is 5.56 Å². The molecule has 5 nitrogen and oxygen atoms in total. The average molecular weight is 286 g/mol. The van der Waals surface area contributed by atoms with Gasteiger partial charge in [-0.2, -0.15) is 0 Å². The quantitative estimate of drug-likeness (QED) is 0.918. The molecule has 2 aromatic rings. The molecular weight excluding hydrogens is 268 g/mol. The Hall–Kier alpha value is -2.30. The third kappa shape index (κ3) is 2.18. The first kappa shape index (κ1) is 13.7. The standard InChI is InChI=1S/C16H18N2O3/c1-11-14(16(20)21)12-7-3-4-8-13(12)15(19)18(11)17-9-5-2-6-10-17/h3-4,7-8H,2,5-6,9-10H2,1H3,(H,20,21). The van der Waals surface area contributed by atoms with E-state index in [4.69, 9.17) is 0 Å². The second-order valence-electron chi connectivity index (χ2n) is 5.44. The maximum atomic E-state index is 12.8. The Kier molecular flexibility index (Phi) is 3.41. The summed E-state index contributed by atoms with van der Waals surface area (Å²) in [6.07, 6.45) is 3.21. The molecule has 110 valence electrons. The molecule has 1 saturated heterocycles. The zero-order valence-corrected chi connectivity index (χ0v) is 12.0. The van der Waals surface area contributed by atoms with Crippen LogP contribution >= 0.6 is 0 Å². The number of aromatic nitrogens is 1. The van der Waals surface area contributed by atoms with E-state index in [0.717, 1.165) is 32.4 Å². The normalized spacial score (nSPS) is 15.4. The highest BCUT2D eigenvalue weighted by Crippen LogP contribution is 2.20. The minimum atomic E-state index is -0.991. The van der Waals surface area contributed by atoms with E-state index in [0.29, 0.717) is 16.5 Å². The summed E-state index contributed by atoms with van der Waals surface area (Å²) in [4.78, 5) is 24.4. The molecule has 0 unspecified atom stereocenters. The van der Waals surface area contributed by atoms with E-state index in [1.807, 2.05) is 5.01 Å². The van der Waals surface area contributed by atoms with Gasteiger partial charge in [-0.25, -0.2) is 9.47 Å². The molecule has 0 amide bonds. The van der Waals surface area contributed by atoms with Crippen molar-refractivity contribution in [2.24, 2.45) is 0 Å². The summed E-state index contributed by atoms with van der Waals surface area (Å²) in [7, 11) is 0. The van der Waals surface area contributed by atoms with Crippen LogP contribution in [0.3, 0.4) is 0 Å². The Morgan fingerprint density at radius 1 is 1.10 bits per heavy atom. The molecule has 0 aliphatic carbocycles. The number of hydrogen-bond acceptors (Lipinski definition) is 3. The number of piperidine rings is 1. The minimum absolute atomic E-state index is 0.130. The molecule has 0 atom stereocenters. The molecule has 0 radical (unpaired) electrons. The molecule has 21 heavy (non-hydrogen) atoms. The van der Waals surface area contributed by atoms with Crippen LogP contribution in [-0.4, -0.2) is 28.8 Å². The highest BCUT2D eigenvalue weighted by Gasteiger charge is 2.22. The van der Waals surface area contributed by atoms with Gasteiger partial charge in [0.1, 0.15) is 0 Å². The average Bonchev–Trinajstić information content (AvgIpc) is 2.48. The van der Waals surface area contributed by atoms with E-state index < -0.39 is 5.97 Å². The number of carboxylic acids is 1. The summed E-state index contributed by atoms with van der Waals surface area (Å²) < 4.78 is 1.56. The number of carboxylic acid groups (broad SMARTS) is 1. The van der Waals surface area contributed by atoms with Crippen LogP contribution in [0, 0.1) is 6.92 Å². The van der Waals surface area contributed by atoms with Crippen molar-refractivity contribution >= 4 is 16.7 Å². The van der Waals surface area contributed by atoms with Crippen molar-refractivity contribution < 1.29 is 9.90 Å². The number of aromatic carboxylic acids is 1. The lowest BCUT2D eigenvalue weighted by Gasteiger charge is -2.32. The van der Waals surface area contributed by atoms with Gasteiger partial charge in [0.05, 0.1) is 11.3 Å². The summed E-state index contributed by atoms with van der Waals surface area (Å²) in [5.74, 6) is -0.991. The fourth-order valence-electron chi connectivity index (χ4n) is 3.14. The highest BCUT2D eigenvalue weighted by atomic mass is 16.4. The van der Waals surface area contributed by atoms with Crippen LogP contribution in [-0.2, 0) is 0 Å². The molecular formula is C16H18N2O3. The van der Waals surface area contributed by atoms with Gasteiger partial charge in [-0.3, -0.25) is 4.79 Å². The molecule has 1 fully saturated rings. The van der Waals surface area contributed by atoms with Crippen LogP contribution in [0.15, 0.2) is 29.1 Å². The molecule has 5 heteroatoms. The van der Waals surface area contributed by atoms with Crippen LogP contribution in [0.25, 0.3) is 10.8 Å². The molecule has 0 spiro atoms. The first-order chi connectivity index (χ1) is 10.1. The van der Waals surface area contributed by atoms with Gasteiger partial charge >= 0.3 is 5.97 Å². The van der Waals surface area contributed by atoms with Crippen LogP contribution in [0.5, 0.6) is 0 Å². The second-order valence-corrected chi connectivity index (χ2v) is 5.44. The van der Waals surface area contributed by atoms with Crippen molar-refractivity contribution in [3.05, 3.63) is 45.9 Å². The van der Waals surface area contributed by atoms with E-state index in [2.05, 4.69) is 0 Å². The predicted molar refractivity (Wildman–Crippen MR) is 81.7 cm³/mol. The first-order valence-electron chi connectivity index (χ1n) is 7.24. The number of pyridine rings is 1. The number of carbonyl (C=O) groups is 1. The van der Waals surface area contributed by atoms with Crippen LogP contribution < -0.4 is 10.6 Å². The smallest absolute Gasteiger partial charge is 0.338 e. The third-order valence-corrected chi connectivity index (χ3v) is 4.13. The van der Waals surface area contributed by atoms with Crippen LogP contribution in [0.4, 0.5) is 0 Å². The summed E-state index contributed by atoms with van der Waals surface area (Å²) in [6, 6.07) is 6.93. The van der Waals surface area contributed by atoms with Gasteiger partial charge in [-0.15, -0.1) is 0 Å². The zero-order valence-electron chi connectivity index (χ0n) is 12.0. The molecule has 0 saturated carbocycles. The maximum Gasteiger partial charge on any atom is 0.338 e. The Morgan fingerprint density at radius 2 is 1.71 bits per heavy atom. The Morgan fingerprint density at radius 3 is 2.33 bits per heavy atom. The molecule has 1 aromatic carbocycles. The van der Waals surface area contributed by atoms with E-state index >= 15 is 0 Å². The van der Waals surface area contributed by atoms with Crippen molar-refractivity contribution in [2.75, 3.05) is 18.1 Å². The summed E-state index contributed by atoms with van der Waals surface area (Å²) in [5, 5.41) is 12.5. The first-order valence-corrected chi connectivity index (χ1v) is 7.24. The van der Waals surface area contributed by atoms with Crippen LogP contribution in [0.1, 0.15) is 35.3 Å². The van der Waals surface area contributed by atoms with Crippen LogP contribution in [0.2, 0.25) is 0 Å². The molecule has 1 aliphatic heterocycles. The molecule has 2 heterocycles. The fourth-order valence-corrected chi connectivity index (χ4v) is 3.14. The monoisotopic (exact) mass is 286 g/mol. The molecule has 1 aliphatic rings. The lowest BCUT2D eigenvalue weighted by molar-refractivity contribution is 0.0697. The Bertz CT molecular complexity index is 758.